The number of nitrogens with zero attached hydrogens (tertiary/aromatic N) is 1. The fourth-order valence-corrected chi connectivity index (χ4v) is 2.05. The lowest BCUT2D eigenvalue weighted by molar-refractivity contribution is -0.129. The van der Waals surface area contributed by atoms with Crippen LogP contribution in [0, 0.1) is 0 Å². The van der Waals surface area contributed by atoms with Crippen LogP contribution in [0.2, 0.25) is 0 Å². The van der Waals surface area contributed by atoms with Crippen molar-refractivity contribution >= 4 is 17.5 Å². The zero-order valence-corrected chi connectivity index (χ0v) is 8.47. The van der Waals surface area contributed by atoms with Gasteiger partial charge in [0.2, 0.25) is 5.91 Å². The number of halogens is 1. The Labute approximate surface area is 78.9 Å². The van der Waals surface area contributed by atoms with Crippen LogP contribution in [0.3, 0.4) is 0 Å². The van der Waals surface area contributed by atoms with Crippen LogP contribution >= 0.6 is 11.6 Å². The van der Waals surface area contributed by atoms with Gasteiger partial charge >= 0.3 is 0 Å². The number of hydrogen-bond donors (Lipinski definition) is 0. The Morgan fingerprint density at radius 3 is 2.50 bits per heavy atom. The molecular weight excluding hydrogens is 174 g/mol. The van der Waals surface area contributed by atoms with Gasteiger partial charge in [0.05, 0.1) is 5.38 Å². The molecule has 0 N–H and O–H groups in total. The van der Waals surface area contributed by atoms with E-state index in [1.54, 1.807) is 0 Å². The number of carbonyl (C=O) groups is 1. The van der Waals surface area contributed by atoms with Crippen molar-refractivity contribution in [2.24, 2.45) is 0 Å². The van der Waals surface area contributed by atoms with Crippen LogP contribution in [0.5, 0.6) is 0 Å². The van der Waals surface area contributed by atoms with E-state index in [9.17, 15) is 4.79 Å². The third-order valence-electron chi connectivity index (χ3n) is 2.49. The zero-order valence-electron chi connectivity index (χ0n) is 7.72. The fourth-order valence-electron chi connectivity index (χ4n) is 1.77. The first-order valence-electron chi connectivity index (χ1n) is 4.62. The molecule has 1 rings (SSSR count). The summed E-state index contributed by atoms with van der Waals surface area (Å²) in [6.07, 6.45) is 2.59. The minimum Gasteiger partial charge on any atom is -0.338 e. The number of alkyl halides is 1. The molecule has 1 heterocycles. The van der Waals surface area contributed by atoms with E-state index in [0.29, 0.717) is 12.5 Å². The number of carbonyl (C=O) groups excluding carboxylic acids is 1. The molecule has 0 aromatic heterocycles. The van der Waals surface area contributed by atoms with Gasteiger partial charge in [-0.1, -0.05) is 13.8 Å². The van der Waals surface area contributed by atoms with E-state index in [1.165, 1.54) is 0 Å². The SMILES string of the molecule is CCC(CC)N1CC(Cl)CC1=O. The second-order valence-corrected chi connectivity index (χ2v) is 3.94. The fraction of sp³-hybridized carbons (Fsp3) is 0.889. The molecule has 12 heavy (non-hydrogen) atoms. The molecule has 1 unspecified atom stereocenters. The highest BCUT2D eigenvalue weighted by atomic mass is 35.5. The normalized spacial score (nSPS) is 24.2. The Morgan fingerprint density at radius 1 is 1.58 bits per heavy atom. The Bertz CT molecular complexity index is 168. The van der Waals surface area contributed by atoms with Crippen LogP contribution in [0.4, 0.5) is 0 Å². The summed E-state index contributed by atoms with van der Waals surface area (Å²) in [5.41, 5.74) is 0. The number of rotatable bonds is 3. The van der Waals surface area contributed by atoms with Crippen LogP contribution in [0.1, 0.15) is 33.1 Å². The molecular formula is C9H16ClNO. The third-order valence-corrected chi connectivity index (χ3v) is 2.79. The summed E-state index contributed by atoms with van der Waals surface area (Å²) in [4.78, 5) is 13.3. The highest BCUT2D eigenvalue weighted by Gasteiger charge is 2.31. The lowest BCUT2D eigenvalue weighted by Gasteiger charge is -2.25. The maximum absolute atomic E-state index is 11.4. The molecule has 70 valence electrons. The summed E-state index contributed by atoms with van der Waals surface area (Å²) in [6, 6.07) is 0.404. The first-order valence-corrected chi connectivity index (χ1v) is 5.06. The van der Waals surface area contributed by atoms with Crippen LogP contribution in [-0.2, 0) is 4.79 Å². The average molecular weight is 190 g/mol. The van der Waals surface area contributed by atoms with E-state index in [4.69, 9.17) is 11.6 Å². The molecule has 0 radical (unpaired) electrons. The lowest BCUT2D eigenvalue weighted by atomic mass is 10.1. The van der Waals surface area contributed by atoms with Gasteiger partial charge in [0.25, 0.3) is 0 Å². The molecule has 0 aromatic rings. The molecule has 1 atom stereocenters. The first kappa shape index (κ1) is 9.85. The van der Waals surface area contributed by atoms with E-state index < -0.39 is 0 Å². The van der Waals surface area contributed by atoms with Gasteiger partial charge in [0.1, 0.15) is 0 Å². The Balaban J connectivity index is 2.56. The second-order valence-electron chi connectivity index (χ2n) is 3.32. The van der Waals surface area contributed by atoms with Crippen molar-refractivity contribution in [3.63, 3.8) is 0 Å². The number of amides is 1. The van der Waals surface area contributed by atoms with Gasteiger partial charge in [0.15, 0.2) is 0 Å². The maximum atomic E-state index is 11.4. The number of hydrogen-bond acceptors (Lipinski definition) is 1. The van der Waals surface area contributed by atoms with Gasteiger partial charge < -0.3 is 4.90 Å². The van der Waals surface area contributed by atoms with Crippen LogP contribution in [-0.4, -0.2) is 28.8 Å². The number of likely N-dealkylation sites (tertiary alicyclic amines) is 1. The van der Waals surface area contributed by atoms with Gasteiger partial charge in [-0.3, -0.25) is 4.79 Å². The van der Waals surface area contributed by atoms with Crippen molar-refractivity contribution in [2.75, 3.05) is 6.54 Å². The first-order chi connectivity index (χ1) is 5.69. The predicted molar refractivity (Wildman–Crippen MR) is 50.3 cm³/mol. The standard InChI is InChI=1S/C9H16ClNO/c1-3-8(4-2)11-6-7(10)5-9(11)12/h7-8H,3-6H2,1-2H3. The summed E-state index contributed by atoms with van der Waals surface area (Å²) in [7, 11) is 0. The molecule has 0 saturated carbocycles. The van der Waals surface area contributed by atoms with Crippen molar-refractivity contribution in [3.8, 4) is 0 Å². The Morgan fingerprint density at radius 2 is 2.17 bits per heavy atom. The highest BCUT2D eigenvalue weighted by Crippen LogP contribution is 2.21. The maximum Gasteiger partial charge on any atom is 0.224 e. The van der Waals surface area contributed by atoms with Crippen molar-refractivity contribution in [1.82, 2.24) is 4.90 Å². The van der Waals surface area contributed by atoms with E-state index >= 15 is 0 Å². The van der Waals surface area contributed by atoms with E-state index in [0.717, 1.165) is 19.4 Å². The van der Waals surface area contributed by atoms with Gasteiger partial charge in [-0.2, -0.15) is 0 Å². The van der Waals surface area contributed by atoms with Crippen LogP contribution in [0.25, 0.3) is 0 Å². The van der Waals surface area contributed by atoms with Crippen molar-refractivity contribution < 1.29 is 4.79 Å². The molecule has 1 aliphatic heterocycles. The molecule has 2 nitrogen and oxygen atoms in total. The van der Waals surface area contributed by atoms with Gasteiger partial charge in [-0.25, -0.2) is 0 Å². The van der Waals surface area contributed by atoms with Gasteiger partial charge in [-0.15, -0.1) is 11.6 Å². The van der Waals surface area contributed by atoms with E-state index in [-0.39, 0.29) is 11.3 Å². The molecule has 1 aliphatic rings. The molecule has 0 aromatic carbocycles. The van der Waals surface area contributed by atoms with Gasteiger partial charge in [0, 0.05) is 19.0 Å². The zero-order chi connectivity index (χ0) is 9.14. The molecule has 1 amide bonds. The molecule has 1 fully saturated rings. The van der Waals surface area contributed by atoms with E-state index in [1.807, 2.05) is 4.90 Å². The Kier molecular flexibility index (Phi) is 3.39. The summed E-state index contributed by atoms with van der Waals surface area (Å²) in [6.45, 7) is 4.97. The predicted octanol–water partition coefficient (Wildman–Crippen LogP) is 2.01. The van der Waals surface area contributed by atoms with Gasteiger partial charge in [-0.05, 0) is 12.8 Å². The largest absolute Gasteiger partial charge is 0.338 e. The Hall–Kier alpha value is -0.240. The van der Waals surface area contributed by atoms with Crippen LogP contribution in [0.15, 0.2) is 0 Å². The molecule has 0 aliphatic carbocycles. The summed E-state index contributed by atoms with van der Waals surface area (Å²) in [5, 5.41) is 0.0399. The minimum atomic E-state index is 0.0399. The summed E-state index contributed by atoms with van der Waals surface area (Å²) >= 11 is 5.90. The highest BCUT2D eigenvalue weighted by molar-refractivity contribution is 6.22. The molecule has 3 heteroatoms. The quantitative estimate of drug-likeness (QED) is 0.622. The third kappa shape index (κ3) is 1.92. The topological polar surface area (TPSA) is 20.3 Å². The van der Waals surface area contributed by atoms with Crippen molar-refractivity contribution in [3.05, 3.63) is 0 Å². The average Bonchev–Trinajstić information content (AvgIpc) is 2.34. The molecule has 0 spiro atoms. The molecule has 0 bridgehead atoms. The summed E-state index contributed by atoms with van der Waals surface area (Å²) < 4.78 is 0. The lowest BCUT2D eigenvalue weighted by Crippen LogP contribution is -2.35. The van der Waals surface area contributed by atoms with E-state index in [2.05, 4.69) is 13.8 Å². The van der Waals surface area contributed by atoms with Crippen LogP contribution < -0.4 is 0 Å². The second kappa shape index (κ2) is 4.13. The smallest absolute Gasteiger partial charge is 0.224 e. The van der Waals surface area contributed by atoms with Crippen molar-refractivity contribution in [2.45, 2.75) is 44.5 Å². The minimum absolute atomic E-state index is 0.0399. The monoisotopic (exact) mass is 189 g/mol. The summed E-state index contributed by atoms with van der Waals surface area (Å²) in [5.74, 6) is 0.226. The van der Waals surface area contributed by atoms with Crippen molar-refractivity contribution in [1.29, 1.82) is 0 Å². The molecule has 1 saturated heterocycles.